The lowest BCUT2D eigenvalue weighted by molar-refractivity contribution is -0.143. The van der Waals surface area contributed by atoms with Gasteiger partial charge in [0.1, 0.15) is 17.7 Å². The second-order valence-corrected chi connectivity index (χ2v) is 9.86. The van der Waals surface area contributed by atoms with Gasteiger partial charge in [0, 0.05) is 12.6 Å². The van der Waals surface area contributed by atoms with E-state index in [0.717, 1.165) is 29.5 Å². The van der Waals surface area contributed by atoms with E-state index in [4.69, 9.17) is 4.74 Å². The van der Waals surface area contributed by atoms with Crippen LogP contribution < -0.4 is 10.6 Å². The van der Waals surface area contributed by atoms with Crippen LogP contribution in [0.4, 0.5) is 4.79 Å². The Labute approximate surface area is 201 Å². The topological polar surface area (TPSA) is 87.7 Å². The Morgan fingerprint density at radius 2 is 1.74 bits per heavy atom. The minimum Gasteiger partial charge on any atom is -0.444 e. The van der Waals surface area contributed by atoms with Gasteiger partial charge in [-0.2, -0.15) is 0 Å². The van der Waals surface area contributed by atoms with Crippen molar-refractivity contribution in [1.82, 2.24) is 15.5 Å². The molecule has 1 aliphatic carbocycles. The average molecular weight is 466 g/mol. The van der Waals surface area contributed by atoms with E-state index in [-0.39, 0.29) is 17.9 Å². The molecule has 3 rings (SSSR count). The highest BCUT2D eigenvalue weighted by molar-refractivity contribution is 5.92. The van der Waals surface area contributed by atoms with Crippen molar-refractivity contribution in [1.29, 1.82) is 0 Å². The number of benzene rings is 2. The fourth-order valence-corrected chi connectivity index (χ4v) is 3.80. The molecule has 1 aliphatic rings. The maximum absolute atomic E-state index is 13.6. The molecule has 1 saturated carbocycles. The predicted molar refractivity (Wildman–Crippen MR) is 131 cm³/mol. The molecule has 0 heterocycles. The minimum atomic E-state index is -0.843. The maximum atomic E-state index is 13.6. The minimum absolute atomic E-state index is 0.0524. The number of hydrogen-bond donors (Lipinski definition) is 2. The highest BCUT2D eigenvalue weighted by Gasteiger charge is 2.43. The Morgan fingerprint density at radius 3 is 2.32 bits per heavy atom. The fraction of sp³-hybridized carbons (Fsp3) is 0.444. The summed E-state index contributed by atoms with van der Waals surface area (Å²) in [5.74, 6) is -0.561. The molecular formula is C27H35N3O4. The monoisotopic (exact) mass is 465 g/mol. The molecule has 2 atom stereocenters. The van der Waals surface area contributed by atoms with E-state index in [2.05, 4.69) is 10.6 Å². The Balaban J connectivity index is 1.84. The SMILES string of the molecule is Cc1cccc(C(C(=O)NCc2ccccc2)N(C(=O)C(C)NC(=O)OC(C)(C)C)C2CC2)c1. The van der Waals surface area contributed by atoms with Gasteiger partial charge in [0.05, 0.1) is 0 Å². The van der Waals surface area contributed by atoms with E-state index in [1.54, 1.807) is 32.6 Å². The van der Waals surface area contributed by atoms with Crippen molar-refractivity contribution in [3.63, 3.8) is 0 Å². The molecule has 0 spiro atoms. The molecule has 3 amide bonds. The van der Waals surface area contributed by atoms with E-state index >= 15 is 0 Å². The molecule has 0 saturated heterocycles. The first-order valence-corrected chi connectivity index (χ1v) is 11.7. The van der Waals surface area contributed by atoms with Gasteiger partial charge in [0.25, 0.3) is 0 Å². The third kappa shape index (κ3) is 7.07. The Hall–Kier alpha value is -3.35. The summed E-state index contributed by atoms with van der Waals surface area (Å²) in [6.07, 6.45) is 0.975. The maximum Gasteiger partial charge on any atom is 0.408 e. The van der Waals surface area contributed by atoms with Gasteiger partial charge in [-0.1, -0.05) is 60.2 Å². The molecule has 0 aliphatic heterocycles. The van der Waals surface area contributed by atoms with E-state index in [1.807, 2.05) is 61.5 Å². The number of nitrogens with one attached hydrogen (secondary N) is 2. The summed E-state index contributed by atoms with van der Waals surface area (Å²) in [6.45, 7) is 9.23. The Kier molecular flexibility index (Phi) is 7.97. The summed E-state index contributed by atoms with van der Waals surface area (Å²) < 4.78 is 5.31. The predicted octanol–water partition coefficient (Wildman–Crippen LogP) is 4.26. The Bertz CT molecular complexity index is 1010. The van der Waals surface area contributed by atoms with Crippen LogP contribution in [0, 0.1) is 6.92 Å². The van der Waals surface area contributed by atoms with Gasteiger partial charge in [0.2, 0.25) is 11.8 Å². The summed E-state index contributed by atoms with van der Waals surface area (Å²) in [6, 6.07) is 15.6. The molecule has 0 aromatic heterocycles. The summed E-state index contributed by atoms with van der Waals surface area (Å²) in [7, 11) is 0. The van der Waals surface area contributed by atoms with Gasteiger partial charge in [-0.15, -0.1) is 0 Å². The third-order valence-corrected chi connectivity index (χ3v) is 5.49. The number of aryl methyl sites for hydroxylation is 1. The zero-order chi connectivity index (χ0) is 24.9. The van der Waals surface area contributed by atoms with E-state index < -0.39 is 23.8 Å². The van der Waals surface area contributed by atoms with Crippen molar-refractivity contribution in [3.05, 3.63) is 71.3 Å². The normalized spacial score (nSPS) is 15.1. The zero-order valence-corrected chi connectivity index (χ0v) is 20.6. The van der Waals surface area contributed by atoms with Crippen molar-refractivity contribution in [2.24, 2.45) is 0 Å². The van der Waals surface area contributed by atoms with Gasteiger partial charge in [-0.3, -0.25) is 9.59 Å². The molecular weight excluding hydrogens is 430 g/mol. The van der Waals surface area contributed by atoms with Crippen molar-refractivity contribution in [2.45, 2.75) is 77.7 Å². The summed E-state index contributed by atoms with van der Waals surface area (Å²) in [5.41, 5.74) is 2.05. The van der Waals surface area contributed by atoms with Crippen LogP contribution in [-0.4, -0.2) is 40.5 Å². The fourth-order valence-electron chi connectivity index (χ4n) is 3.80. The molecule has 0 bridgehead atoms. The van der Waals surface area contributed by atoms with Crippen LogP contribution in [0.1, 0.15) is 63.3 Å². The average Bonchev–Trinajstić information content (AvgIpc) is 3.59. The number of nitrogens with zero attached hydrogens (tertiary/aromatic N) is 1. The zero-order valence-electron chi connectivity index (χ0n) is 20.6. The second-order valence-electron chi connectivity index (χ2n) is 9.86. The lowest BCUT2D eigenvalue weighted by Gasteiger charge is -2.34. The quantitative estimate of drug-likeness (QED) is 0.610. The van der Waals surface area contributed by atoms with Gasteiger partial charge in [0.15, 0.2) is 0 Å². The van der Waals surface area contributed by atoms with Gasteiger partial charge >= 0.3 is 6.09 Å². The van der Waals surface area contributed by atoms with Crippen LogP contribution in [0.5, 0.6) is 0 Å². The first-order valence-electron chi connectivity index (χ1n) is 11.7. The second kappa shape index (κ2) is 10.7. The first-order chi connectivity index (χ1) is 16.0. The number of carbonyl (C=O) groups is 3. The standard InChI is InChI=1S/C27H35N3O4/c1-18-10-9-13-21(16-18)23(24(31)28-17-20-11-7-6-8-12-20)30(22-14-15-22)25(32)19(2)29-26(33)34-27(3,4)5/h6-13,16,19,22-23H,14-15,17H2,1-5H3,(H,28,31)(H,29,33). The molecule has 2 aromatic carbocycles. The molecule has 1 fully saturated rings. The van der Waals surface area contributed by atoms with E-state index in [0.29, 0.717) is 6.54 Å². The molecule has 7 heteroatoms. The van der Waals surface area contributed by atoms with Crippen molar-refractivity contribution < 1.29 is 19.1 Å². The number of carbonyl (C=O) groups excluding carboxylic acids is 3. The van der Waals surface area contributed by atoms with Crippen LogP contribution in [-0.2, 0) is 20.9 Å². The number of hydrogen-bond acceptors (Lipinski definition) is 4. The summed E-state index contributed by atoms with van der Waals surface area (Å²) >= 11 is 0. The van der Waals surface area contributed by atoms with Crippen molar-refractivity contribution in [3.8, 4) is 0 Å². The highest BCUT2D eigenvalue weighted by atomic mass is 16.6. The first kappa shape index (κ1) is 25.3. The smallest absolute Gasteiger partial charge is 0.408 e. The summed E-state index contributed by atoms with van der Waals surface area (Å²) in [4.78, 5) is 41.0. The van der Waals surface area contributed by atoms with Gasteiger partial charge in [-0.25, -0.2) is 4.79 Å². The Morgan fingerprint density at radius 1 is 1.06 bits per heavy atom. The van der Waals surface area contributed by atoms with Crippen LogP contribution in [0.3, 0.4) is 0 Å². The van der Waals surface area contributed by atoms with Gasteiger partial charge in [-0.05, 0) is 58.6 Å². The molecule has 2 aromatic rings. The molecule has 2 N–H and O–H groups in total. The summed E-state index contributed by atoms with van der Waals surface area (Å²) in [5, 5.41) is 5.63. The van der Waals surface area contributed by atoms with E-state index in [9.17, 15) is 14.4 Å². The van der Waals surface area contributed by atoms with Gasteiger partial charge < -0.3 is 20.3 Å². The number of amides is 3. The van der Waals surface area contributed by atoms with Crippen molar-refractivity contribution in [2.75, 3.05) is 0 Å². The molecule has 34 heavy (non-hydrogen) atoms. The third-order valence-electron chi connectivity index (χ3n) is 5.49. The lowest BCUT2D eigenvalue weighted by Crippen LogP contribution is -2.52. The molecule has 0 radical (unpaired) electrons. The number of alkyl carbamates (subject to hydrolysis) is 1. The largest absolute Gasteiger partial charge is 0.444 e. The van der Waals surface area contributed by atoms with Crippen molar-refractivity contribution >= 4 is 17.9 Å². The molecule has 182 valence electrons. The number of ether oxygens (including phenoxy) is 1. The molecule has 7 nitrogen and oxygen atoms in total. The molecule has 2 unspecified atom stereocenters. The van der Waals surface area contributed by atoms with Crippen LogP contribution >= 0.6 is 0 Å². The van der Waals surface area contributed by atoms with Crippen LogP contribution in [0.15, 0.2) is 54.6 Å². The lowest BCUT2D eigenvalue weighted by atomic mass is 10.0. The number of rotatable bonds is 8. The van der Waals surface area contributed by atoms with Crippen LogP contribution in [0.25, 0.3) is 0 Å². The van der Waals surface area contributed by atoms with Crippen LogP contribution in [0.2, 0.25) is 0 Å². The highest BCUT2D eigenvalue weighted by Crippen LogP contribution is 2.35. The van der Waals surface area contributed by atoms with E-state index in [1.165, 1.54) is 0 Å².